The summed E-state index contributed by atoms with van der Waals surface area (Å²) in [5, 5.41) is 0. The van der Waals surface area contributed by atoms with Crippen LogP contribution in [0.15, 0.2) is 30.4 Å². The summed E-state index contributed by atoms with van der Waals surface area (Å²) in [7, 11) is 0. The smallest absolute Gasteiger partial charge is 0.206 e. The molecule has 1 aromatic rings. The highest BCUT2D eigenvalue weighted by Gasteiger charge is 2.34. The van der Waals surface area contributed by atoms with Crippen LogP contribution in [0.3, 0.4) is 0 Å². The molecule has 2 aliphatic rings. The Labute approximate surface area is 191 Å². The molecule has 0 heterocycles. The van der Waals surface area contributed by atoms with E-state index in [0.29, 0.717) is 5.92 Å². The maximum absolute atomic E-state index is 13.9. The number of rotatable bonds is 9. The van der Waals surface area contributed by atoms with E-state index in [4.69, 9.17) is 0 Å². The van der Waals surface area contributed by atoms with Gasteiger partial charge >= 0.3 is 6.18 Å². The van der Waals surface area contributed by atoms with E-state index in [-0.39, 0.29) is 5.92 Å². The van der Waals surface area contributed by atoms with E-state index in [0.717, 1.165) is 61.6 Å². The molecule has 1 aromatic carbocycles. The molecule has 180 valence electrons. The first-order chi connectivity index (χ1) is 15.4. The van der Waals surface area contributed by atoms with Crippen molar-refractivity contribution in [3.63, 3.8) is 0 Å². The third-order valence-corrected chi connectivity index (χ3v) is 7.87. The Bertz CT molecular complexity index is 705. The number of allylic oxidation sites excluding steroid dienone is 2. The molecule has 0 aromatic heterocycles. The normalized spacial score (nSPS) is 27.2. The van der Waals surface area contributed by atoms with Gasteiger partial charge in [0.1, 0.15) is 5.82 Å². The number of hydrogen-bond donors (Lipinski definition) is 0. The Balaban J connectivity index is 1.33. The lowest BCUT2D eigenvalue weighted by Gasteiger charge is -2.29. The summed E-state index contributed by atoms with van der Waals surface area (Å²) in [6.45, 7) is 2.27. The molecular weight excluding hydrogens is 412 g/mol. The van der Waals surface area contributed by atoms with Crippen LogP contribution in [0.2, 0.25) is 0 Å². The molecule has 0 unspecified atom stereocenters. The Morgan fingerprint density at radius 3 is 2.16 bits per heavy atom. The van der Waals surface area contributed by atoms with Gasteiger partial charge in [-0.15, -0.1) is 0 Å². The highest BCUT2D eigenvalue weighted by Crippen LogP contribution is 2.40. The SMILES string of the molecule is CCCCCC1CCC(/C=C/CCC2CCC(c3ccc(C(F)(F)F)c(F)c3)CC2)CC1. The molecule has 0 radical (unpaired) electrons. The molecule has 0 amide bonds. The Hall–Kier alpha value is -1.32. The first-order valence-electron chi connectivity index (χ1n) is 12.9. The van der Waals surface area contributed by atoms with Crippen molar-refractivity contribution < 1.29 is 17.6 Å². The monoisotopic (exact) mass is 452 g/mol. The summed E-state index contributed by atoms with van der Waals surface area (Å²) in [4.78, 5) is 0. The van der Waals surface area contributed by atoms with Gasteiger partial charge in [0.2, 0.25) is 0 Å². The van der Waals surface area contributed by atoms with E-state index < -0.39 is 17.6 Å². The van der Waals surface area contributed by atoms with Crippen molar-refractivity contribution in [1.82, 2.24) is 0 Å². The van der Waals surface area contributed by atoms with E-state index in [1.807, 2.05) is 0 Å². The van der Waals surface area contributed by atoms with Crippen molar-refractivity contribution >= 4 is 0 Å². The van der Waals surface area contributed by atoms with Crippen LogP contribution in [0.25, 0.3) is 0 Å². The van der Waals surface area contributed by atoms with Crippen LogP contribution in [0, 0.1) is 23.6 Å². The van der Waals surface area contributed by atoms with Gasteiger partial charge in [-0.2, -0.15) is 13.2 Å². The maximum atomic E-state index is 13.9. The lowest BCUT2D eigenvalue weighted by Crippen LogP contribution is -2.15. The summed E-state index contributed by atoms with van der Waals surface area (Å²) >= 11 is 0. The van der Waals surface area contributed by atoms with Crippen LogP contribution in [0.4, 0.5) is 17.6 Å². The van der Waals surface area contributed by atoms with Crippen LogP contribution in [-0.4, -0.2) is 0 Å². The number of benzene rings is 1. The third-order valence-electron chi connectivity index (χ3n) is 7.87. The second kappa shape index (κ2) is 12.2. The third kappa shape index (κ3) is 7.63. The minimum Gasteiger partial charge on any atom is -0.206 e. The topological polar surface area (TPSA) is 0 Å². The summed E-state index contributed by atoms with van der Waals surface area (Å²) in [5.41, 5.74) is -0.439. The van der Waals surface area contributed by atoms with E-state index in [1.165, 1.54) is 63.9 Å². The van der Waals surface area contributed by atoms with Gasteiger partial charge in [0.05, 0.1) is 5.56 Å². The van der Waals surface area contributed by atoms with Crippen molar-refractivity contribution in [2.45, 2.75) is 109 Å². The highest BCUT2D eigenvalue weighted by atomic mass is 19.4. The maximum Gasteiger partial charge on any atom is 0.419 e. The average molecular weight is 453 g/mol. The van der Waals surface area contributed by atoms with E-state index in [1.54, 1.807) is 0 Å². The fourth-order valence-corrected chi connectivity index (χ4v) is 5.77. The zero-order chi connectivity index (χ0) is 23.0. The van der Waals surface area contributed by atoms with Gasteiger partial charge < -0.3 is 0 Å². The predicted octanol–water partition coefficient (Wildman–Crippen LogP) is 9.84. The summed E-state index contributed by atoms with van der Waals surface area (Å²) in [5.74, 6) is 1.45. The average Bonchev–Trinajstić information content (AvgIpc) is 2.77. The molecule has 2 fully saturated rings. The van der Waals surface area contributed by atoms with Crippen LogP contribution >= 0.6 is 0 Å². The van der Waals surface area contributed by atoms with Crippen LogP contribution < -0.4 is 0 Å². The van der Waals surface area contributed by atoms with Gasteiger partial charge in [-0.25, -0.2) is 4.39 Å². The number of halogens is 4. The zero-order valence-electron chi connectivity index (χ0n) is 19.6. The van der Waals surface area contributed by atoms with Gasteiger partial charge in [-0.05, 0) is 106 Å². The first-order valence-corrected chi connectivity index (χ1v) is 12.9. The van der Waals surface area contributed by atoms with E-state index in [9.17, 15) is 17.6 Å². The highest BCUT2D eigenvalue weighted by molar-refractivity contribution is 5.29. The van der Waals surface area contributed by atoms with Crippen LogP contribution in [-0.2, 0) is 6.18 Å². The van der Waals surface area contributed by atoms with E-state index in [2.05, 4.69) is 19.1 Å². The molecule has 0 spiro atoms. The van der Waals surface area contributed by atoms with Crippen molar-refractivity contribution in [3.8, 4) is 0 Å². The predicted molar refractivity (Wildman–Crippen MR) is 124 cm³/mol. The molecule has 0 atom stereocenters. The molecule has 0 N–H and O–H groups in total. The van der Waals surface area contributed by atoms with Crippen molar-refractivity contribution in [1.29, 1.82) is 0 Å². The van der Waals surface area contributed by atoms with Crippen molar-refractivity contribution in [2.75, 3.05) is 0 Å². The molecule has 32 heavy (non-hydrogen) atoms. The van der Waals surface area contributed by atoms with Crippen LogP contribution in [0.5, 0.6) is 0 Å². The molecule has 2 saturated carbocycles. The zero-order valence-corrected chi connectivity index (χ0v) is 19.6. The summed E-state index contributed by atoms with van der Waals surface area (Å²) in [6, 6.07) is 3.48. The lowest BCUT2D eigenvalue weighted by atomic mass is 9.77. The molecule has 0 saturated heterocycles. The number of hydrogen-bond acceptors (Lipinski definition) is 0. The Morgan fingerprint density at radius 2 is 1.53 bits per heavy atom. The first kappa shape index (κ1) is 25.3. The summed E-state index contributed by atoms with van der Waals surface area (Å²) in [6.07, 6.45) is 17.6. The fraction of sp³-hybridized carbons (Fsp3) is 0.714. The summed E-state index contributed by atoms with van der Waals surface area (Å²) < 4.78 is 52.2. The molecule has 0 bridgehead atoms. The Morgan fingerprint density at radius 1 is 0.875 bits per heavy atom. The van der Waals surface area contributed by atoms with Gasteiger partial charge in [0.15, 0.2) is 0 Å². The molecule has 2 aliphatic carbocycles. The molecule has 4 heteroatoms. The van der Waals surface area contributed by atoms with Gasteiger partial charge in [0, 0.05) is 0 Å². The minimum atomic E-state index is -4.62. The number of unbranched alkanes of at least 4 members (excludes halogenated alkanes) is 2. The van der Waals surface area contributed by atoms with E-state index >= 15 is 0 Å². The fourth-order valence-electron chi connectivity index (χ4n) is 5.77. The van der Waals surface area contributed by atoms with Crippen molar-refractivity contribution in [2.24, 2.45) is 17.8 Å². The number of alkyl halides is 3. The molecule has 0 nitrogen and oxygen atoms in total. The Kier molecular flexibility index (Phi) is 9.67. The van der Waals surface area contributed by atoms with Gasteiger partial charge in [-0.3, -0.25) is 0 Å². The van der Waals surface area contributed by atoms with Crippen LogP contribution in [0.1, 0.15) is 114 Å². The minimum absolute atomic E-state index is 0.186. The lowest BCUT2D eigenvalue weighted by molar-refractivity contribution is -0.140. The molecule has 3 rings (SSSR count). The quantitative estimate of drug-likeness (QED) is 0.199. The van der Waals surface area contributed by atoms with Gasteiger partial charge in [0.25, 0.3) is 0 Å². The van der Waals surface area contributed by atoms with Gasteiger partial charge in [-0.1, -0.05) is 50.8 Å². The second-order valence-corrected chi connectivity index (χ2v) is 10.2. The standard InChI is InChI=1S/C28H40F4/c1-2-3-4-7-21-10-12-22(13-11-21)8-5-6-9-23-14-16-24(17-15-23)25-18-19-26(27(29)20-25)28(30,31)32/h5,8,18-24H,2-4,6-7,9-17H2,1H3/b8-5+. The largest absolute Gasteiger partial charge is 0.419 e. The van der Waals surface area contributed by atoms with Crippen molar-refractivity contribution in [3.05, 3.63) is 47.3 Å². The second-order valence-electron chi connectivity index (χ2n) is 10.2. The molecular formula is C28H40F4. The molecule has 0 aliphatic heterocycles.